The first-order valence-corrected chi connectivity index (χ1v) is 6.40. The van der Waals surface area contributed by atoms with Gasteiger partial charge in [0.15, 0.2) is 0 Å². The summed E-state index contributed by atoms with van der Waals surface area (Å²) in [5, 5.41) is 10.2. The van der Waals surface area contributed by atoms with E-state index in [-0.39, 0.29) is 0 Å². The summed E-state index contributed by atoms with van der Waals surface area (Å²) in [4.78, 5) is 2.11. The zero-order valence-corrected chi connectivity index (χ0v) is 12.1. The highest BCUT2D eigenvalue weighted by atomic mass is 16.5. The molecule has 1 aromatic rings. The highest BCUT2D eigenvalue weighted by molar-refractivity contribution is 5.31. The zero-order chi connectivity index (χ0) is 13.7. The Hall–Kier alpha value is -0.900. The molecule has 1 rings (SSSR count). The first kappa shape index (κ1) is 15.2. The maximum atomic E-state index is 10.2. The average molecular weight is 251 g/mol. The lowest BCUT2D eigenvalue weighted by molar-refractivity contribution is 0.0709. The van der Waals surface area contributed by atoms with Crippen LogP contribution in [0.2, 0.25) is 0 Å². The Labute approximate surface area is 110 Å². The minimum absolute atomic E-state index is 0.302. The lowest BCUT2D eigenvalue weighted by Crippen LogP contribution is -2.35. The molecule has 0 heterocycles. The third-order valence-corrected chi connectivity index (χ3v) is 3.54. The molecule has 18 heavy (non-hydrogen) atoms. The summed E-state index contributed by atoms with van der Waals surface area (Å²) in [6.07, 6.45) is -0.450. The van der Waals surface area contributed by atoms with Gasteiger partial charge in [-0.25, -0.2) is 0 Å². The number of aliphatic hydroxyl groups is 1. The molecule has 3 nitrogen and oxygen atoms in total. The van der Waals surface area contributed by atoms with Crippen LogP contribution < -0.4 is 0 Å². The van der Waals surface area contributed by atoms with E-state index in [1.807, 2.05) is 13.1 Å². The highest BCUT2D eigenvalue weighted by Gasteiger charge is 2.15. The summed E-state index contributed by atoms with van der Waals surface area (Å²) >= 11 is 0. The van der Waals surface area contributed by atoms with E-state index in [1.165, 1.54) is 11.1 Å². The molecular weight excluding hydrogens is 226 g/mol. The number of aliphatic hydroxyl groups excluding tert-OH is 1. The van der Waals surface area contributed by atoms with Crippen molar-refractivity contribution in [3.63, 3.8) is 0 Å². The van der Waals surface area contributed by atoms with Crippen LogP contribution in [0.1, 0.15) is 29.7 Å². The maximum absolute atomic E-state index is 10.2. The van der Waals surface area contributed by atoms with Crippen LogP contribution in [-0.4, -0.2) is 43.4 Å². The fourth-order valence-electron chi connectivity index (χ4n) is 1.90. The second-order valence-electron chi connectivity index (χ2n) is 5.10. The monoisotopic (exact) mass is 251 g/mol. The number of nitrogens with zero attached hydrogens (tertiary/aromatic N) is 1. The van der Waals surface area contributed by atoms with Gasteiger partial charge in [0.25, 0.3) is 0 Å². The first-order chi connectivity index (χ1) is 8.45. The van der Waals surface area contributed by atoms with Crippen LogP contribution in [0.25, 0.3) is 0 Å². The van der Waals surface area contributed by atoms with Crippen molar-refractivity contribution in [2.75, 3.05) is 27.3 Å². The number of methoxy groups -OCH3 is 1. The van der Waals surface area contributed by atoms with Gasteiger partial charge >= 0.3 is 0 Å². The molecule has 102 valence electrons. The van der Waals surface area contributed by atoms with E-state index < -0.39 is 6.10 Å². The van der Waals surface area contributed by atoms with E-state index in [4.69, 9.17) is 4.74 Å². The molecule has 0 aromatic heterocycles. The minimum atomic E-state index is -0.450. The normalized spacial score (nSPS) is 14.8. The van der Waals surface area contributed by atoms with E-state index in [1.54, 1.807) is 7.11 Å². The van der Waals surface area contributed by atoms with Gasteiger partial charge in [-0.1, -0.05) is 18.2 Å². The molecule has 0 aliphatic rings. The Morgan fingerprint density at radius 3 is 2.50 bits per heavy atom. The SMILES string of the molecule is COCC(C)N(C)CC(O)c1ccc(C)c(C)c1. The molecule has 0 aliphatic carbocycles. The Balaban J connectivity index is 2.64. The van der Waals surface area contributed by atoms with E-state index in [0.29, 0.717) is 19.2 Å². The minimum Gasteiger partial charge on any atom is -0.387 e. The molecule has 2 atom stereocenters. The molecule has 0 radical (unpaired) electrons. The smallest absolute Gasteiger partial charge is 0.0917 e. The number of ether oxygens (including phenoxy) is 1. The topological polar surface area (TPSA) is 32.7 Å². The van der Waals surface area contributed by atoms with Gasteiger partial charge in [-0.15, -0.1) is 0 Å². The van der Waals surface area contributed by atoms with Gasteiger partial charge in [-0.3, -0.25) is 4.90 Å². The van der Waals surface area contributed by atoms with Gasteiger partial charge in [0.05, 0.1) is 12.7 Å². The van der Waals surface area contributed by atoms with Crippen molar-refractivity contribution < 1.29 is 9.84 Å². The molecule has 3 heteroatoms. The Bertz CT molecular complexity index is 379. The van der Waals surface area contributed by atoms with Crippen LogP contribution in [0.3, 0.4) is 0 Å². The number of benzene rings is 1. The average Bonchev–Trinajstić information content (AvgIpc) is 2.32. The van der Waals surface area contributed by atoms with Crippen molar-refractivity contribution in [3.8, 4) is 0 Å². The lowest BCUT2D eigenvalue weighted by Gasteiger charge is -2.26. The molecule has 0 amide bonds. The number of likely N-dealkylation sites (N-methyl/N-ethyl adjacent to an activating group) is 1. The highest BCUT2D eigenvalue weighted by Crippen LogP contribution is 2.18. The number of aryl methyl sites for hydroxylation is 2. The molecule has 0 bridgehead atoms. The Kier molecular flexibility index (Phi) is 5.79. The van der Waals surface area contributed by atoms with E-state index in [2.05, 4.69) is 37.8 Å². The lowest BCUT2D eigenvalue weighted by atomic mass is 10.0. The van der Waals surface area contributed by atoms with Crippen molar-refractivity contribution in [2.24, 2.45) is 0 Å². The molecular formula is C15H25NO2. The van der Waals surface area contributed by atoms with Gasteiger partial charge in [-0.05, 0) is 44.5 Å². The van der Waals surface area contributed by atoms with Crippen molar-refractivity contribution in [3.05, 3.63) is 34.9 Å². The molecule has 2 unspecified atom stereocenters. The molecule has 0 fully saturated rings. The predicted molar refractivity (Wildman–Crippen MR) is 74.8 cm³/mol. The summed E-state index contributed by atoms with van der Waals surface area (Å²) in [7, 11) is 3.71. The second-order valence-corrected chi connectivity index (χ2v) is 5.10. The van der Waals surface area contributed by atoms with Crippen molar-refractivity contribution >= 4 is 0 Å². The summed E-state index contributed by atoms with van der Waals surface area (Å²) < 4.78 is 5.12. The Morgan fingerprint density at radius 1 is 1.28 bits per heavy atom. The zero-order valence-electron chi connectivity index (χ0n) is 12.1. The van der Waals surface area contributed by atoms with Gasteiger partial charge in [0.2, 0.25) is 0 Å². The van der Waals surface area contributed by atoms with Crippen LogP contribution in [-0.2, 0) is 4.74 Å². The molecule has 0 saturated heterocycles. The largest absolute Gasteiger partial charge is 0.387 e. The molecule has 1 aromatic carbocycles. The summed E-state index contributed by atoms with van der Waals surface area (Å²) in [5.41, 5.74) is 3.46. The van der Waals surface area contributed by atoms with Crippen LogP contribution in [0.4, 0.5) is 0 Å². The van der Waals surface area contributed by atoms with E-state index >= 15 is 0 Å². The van der Waals surface area contributed by atoms with Gasteiger partial charge in [0.1, 0.15) is 0 Å². The summed E-state index contributed by atoms with van der Waals surface area (Å²) in [5.74, 6) is 0. The maximum Gasteiger partial charge on any atom is 0.0917 e. The van der Waals surface area contributed by atoms with E-state index in [9.17, 15) is 5.11 Å². The number of hydrogen-bond acceptors (Lipinski definition) is 3. The van der Waals surface area contributed by atoms with Crippen molar-refractivity contribution in [2.45, 2.75) is 32.9 Å². The molecule has 0 saturated carbocycles. The third kappa shape index (κ3) is 4.09. The summed E-state index contributed by atoms with van der Waals surface area (Å²) in [6.45, 7) is 7.54. The van der Waals surface area contributed by atoms with Crippen LogP contribution in [0.5, 0.6) is 0 Å². The summed E-state index contributed by atoms with van der Waals surface area (Å²) in [6, 6.07) is 6.43. The fourth-order valence-corrected chi connectivity index (χ4v) is 1.90. The molecule has 1 N–H and O–H groups in total. The Morgan fingerprint density at radius 2 is 1.94 bits per heavy atom. The van der Waals surface area contributed by atoms with Crippen molar-refractivity contribution in [1.29, 1.82) is 0 Å². The van der Waals surface area contributed by atoms with Crippen LogP contribution in [0.15, 0.2) is 18.2 Å². The van der Waals surface area contributed by atoms with Gasteiger partial charge < -0.3 is 9.84 Å². The number of rotatable bonds is 6. The molecule has 0 aliphatic heterocycles. The number of hydrogen-bond donors (Lipinski definition) is 1. The van der Waals surface area contributed by atoms with E-state index in [0.717, 1.165) is 5.56 Å². The third-order valence-electron chi connectivity index (χ3n) is 3.54. The fraction of sp³-hybridized carbons (Fsp3) is 0.600. The first-order valence-electron chi connectivity index (χ1n) is 6.40. The van der Waals surface area contributed by atoms with Crippen LogP contribution >= 0.6 is 0 Å². The second kappa shape index (κ2) is 6.88. The quantitative estimate of drug-likeness (QED) is 0.842. The van der Waals surface area contributed by atoms with Gasteiger partial charge in [0, 0.05) is 19.7 Å². The predicted octanol–water partition coefficient (Wildman–Crippen LogP) is 2.30. The van der Waals surface area contributed by atoms with Crippen molar-refractivity contribution in [1.82, 2.24) is 4.90 Å². The molecule has 0 spiro atoms. The van der Waals surface area contributed by atoms with Crippen LogP contribution in [0, 0.1) is 13.8 Å². The standard InChI is InChI=1S/C15H25NO2/c1-11-6-7-14(8-12(11)2)15(17)9-16(4)13(3)10-18-5/h6-8,13,15,17H,9-10H2,1-5H3. The van der Waals surface area contributed by atoms with Gasteiger partial charge in [-0.2, -0.15) is 0 Å².